The largest absolute Gasteiger partial charge is 0.164 e. The van der Waals surface area contributed by atoms with Crippen molar-refractivity contribution in [1.29, 1.82) is 0 Å². The molecule has 0 aromatic heterocycles. The number of benzene rings is 2. The minimum Gasteiger partial charge on any atom is -0.164 e. The van der Waals surface area contributed by atoms with Gasteiger partial charge in [-0.05, 0) is 91.6 Å². The van der Waals surface area contributed by atoms with E-state index < -0.39 is 0 Å². The van der Waals surface area contributed by atoms with E-state index in [4.69, 9.17) is 0 Å². The Hall–Kier alpha value is -1.07. The zero-order chi connectivity index (χ0) is 20.2. The Morgan fingerprint density at radius 3 is 2.23 bits per heavy atom. The van der Waals surface area contributed by atoms with Crippen LogP contribution in [0.5, 0.6) is 0 Å². The van der Waals surface area contributed by atoms with Gasteiger partial charge in [-0.25, -0.2) is 0 Å². The molecular formula is C30H35Zr-. The molecular weight excluding hydrogens is 452 g/mol. The van der Waals surface area contributed by atoms with Crippen molar-refractivity contribution in [2.75, 3.05) is 0 Å². The summed E-state index contributed by atoms with van der Waals surface area (Å²) < 4.78 is 0. The first-order valence-corrected chi connectivity index (χ1v) is 12.5. The number of fused-ring (bicyclic) bond motifs is 1. The van der Waals surface area contributed by atoms with Crippen molar-refractivity contribution in [3.8, 4) is 11.1 Å². The summed E-state index contributed by atoms with van der Waals surface area (Å²) in [5.74, 6) is 5.79. The first kappa shape index (κ1) is 21.8. The van der Waals surface area contributed by atoms with E-state index in [-0.39, 0.29) is 26.2 Å². The maximum Gasteiger partial charge on any atom is 0 e. The fraction of sp³-hybridized carbons (Fsp3) is 0.500. The molecule has 4 fully saturated rings. The van der Waals surface area contributed by atoms with E-state index in [1.807, 2.05) is 0 Å². The molecule has 1 unspecified atom stereocenters. The van der Waals surface area contributed by atoms with Gasteiger partial charge in [-0.15, -0.1) is 34.5 Å². The van der Waals surface area contributed by atoms with Crippen molar-refractivity contribution < 1.29 is 26.2 Å². The molecule has 4 saturated carbocycles. The van der Waals surface area contributed by atoms with Crippen molar-refractivity contribution in [1.82, 2.24) is 0 Å². The van der Waals surface area contributed by atoms with Gasteiger partial charge in [0.1, 0.15) is 0 Å². The monoisotopic (exact) mass is 485 g/mol. The summed E-state index contributed by atoms with van der Waals surface area (Å²) in [6.45, 7) is 4.59. The maximum absolute atomic E-state index is 2.53. The minimum absolute atomic E-state index is 0. The van der Waals surface area contributed by atoms with Crippen LogP contribution in [-0.4, -0.2) is 0 Å². The van der Waals surface area contributed by atoms with E-state index in [1.54, 1.807) is 12.0 Å². The molecule has 4 bridgehead atoms. The molecule has 3 aromatic carbocycles. The Morgan fingerprint density at radius 2 is 1.58 bits per heavy atom. The normalized spacial score (nSPS) is 29.8. The molecule has 3 aromatic rings. The van der Waals surface area contributed by atoms with Crippen molar-refractivity contribution in [2.45, 2.75) is 64.7 Å². The molecule has 0 nitrogen and oxygen atoms in total. The first-order valence-electron chi connectivity index (χ1n) is 12.5. The summed E-state index contributed by atoms with van der Waals surface area (Å²) in [5.41, 5.74) is 5.81. The van der Waals surface area contributed by atoms with Crippen molar-refractivity contribution >= 4 is 10.8 Å². The van der Waals surface area contributed by atoms with Gasteiger partial charge >= 0.3 is 0 Å². The zero-order valence-corrected chi connectivity index (χ0v) is 21.6. The molecule has 0 N–H and O–H groups in total. The predicted octanol–water partition coefficient (Wildman–Crippen LogP) is 8.35. The van der Waals surface area contributed by atoms with Crippen molar-refractivity contribution in [3.05, 3.63) is 65.7 Å². The van der Waals surface area contributed by atoms with Crippen LogP contribution in [0.2, 0.25) is 0 Å². The fourth-order valence-electron chi connectivity index (χ4n) is 7.54. The van der Waals surface area contributed by atoms with Gasteiger partial charge in [0.15, 0.2) is 0 Å². The SMILES string of the molecule is CCC(C)c1ccc(-c2cccc3[cH-]c(CC4C5CC6CC(C5)CC4C6)cc23)cc1.[Zr]. The third-order valence-corrected chi connectivity index (χ3v) is 9.11. The molecule has 0 heterocycles. The summed E-state index contributed by atoms with van der Waals surface area (Å²) in [5, 5.41) is 2.88. The van der Waals surface area contributed by atoms with E-state index in [9.17, 15) is 0 Å². The predicted molar refractivity (Wildman–Crippen MR) is 128 cm³/mol. The number of hydrogen-bond donors (Lipinski definition) is 0. The molecule has 7 rings (SSSR count). The Kier molecular flexibility index (Phi) is 6.11. The second-order valence-electron chi connectivity index (χ2n) is 10.9. The second kappa shape index (κ2) is 8.70. The zero-order valence-electron chi connectivity index (χ0n) is 19.1. The van der Waals surface area contributed by atoms with Gasteiger partial charge in [-0.2, -0.15) is 6.07 Å². The van der Waals surface area contributed by atoms with Crippen LogP contribution in [0.15, 0.2) is 54.6 Å². The van der Waals surface area contributed by atoms with Gasteiger partial charge in [0.2, 0.25) is 0 Å². The van der Waals surface area contributed by atoms with Gasteiger partial charge in [0.05, 0.1) is 0 Å². The topological polar surface area (TPSA) is 0 Å². The second-order valence-corrected chi connectivity index (χ2v) is 10.9. The standard InChI is InChI=1S/C30H35.Zr/c1-3-19(2)23-7-9-24(10-8-23)28-6-4-5-25-12-22(18-30(25)28)17-29-26-13-20-11-21(15-26)16-27(29)14-20;/h4-10,12,18-21,26-27,29H,3,11,13-17H2,1-2H3;/q-1;. The molecule has 0 aliphatic heterocycles. The van der Waals surface area contributed by atoms with E-state index in [0.29, 0.717) is 5.92 Å². The summed E-state index contributed by atoms with van der Waals surface area (Å²) in [6, 6.07) is 21.2. The van der Waals surface area contributed by atoms with Gasteiger partial charge in [0, 0.05) is 26.2 Å². The van der Waals surface area contributed by atoms with Crippen LogP contribution in [0.3, 0.4) is 0 Å². The average molecular weight is 487 g/mol. The third kappa shape index (κ3) is 3.95. The van der Waals surface area contributed by atoms with Gasteiger partial charge in [-0.3, -0.25) is 0 Å². The van der Waals surface area contributed by atoms with Crippen LogP contribution >= 0.6 is 0 Å². The Morgan fingerprint density at radius 1 is 0.903 bits per heavy atom. The van der Waals surface area contributed by atoms with Gasteiger partial charge < -0.3 is 0 Å². The average Bonchev–Trinajstić information content (AvgIpc) is 3.18. The van der Waals surface area contributed by atoms with Crippen molar-refractivity contribution in [3.63, 3.8) is 0 Å². The van der Waals surface area contributed by atoms with E-state index in [1.165, 1.54) is 66.0 Å². The number of hydrogen-bond acceptors (Lipinski definition) is 0. The molecule has 4 aliphatic carbocycles. The van der Waals surface area contributed by atoms with Crippen molar-refractivity contribution in [2.24, 2.45) is 29.6 Å². The van der Waals surface area contributed by atoms with Crippen LogP contribution in [0.1, 0.15) is 69.4 Å². The van der Waals surface area contributed by atoms with Crippen LogP contribution < -0.4 is 0 Å². The van der Waals surface area contributed by atoms with E-state index in [0.717, 1.165) is 29.6 Å². The van der Waals surface area contributed by atoms with Gasteiger partial charge in [0.25, 0.3) is 0 Å². The maximum atomic E-state index is 2.53. The Balaban J connectivity index is 0.00000204. The molecule has 1 heteroatoms. The smallest absolute Gasteiger partial charge is 0 e. The minimum atomic E-state index is 0. The molecule has 0 spiro atoms. The number of rotatable bonds is 5. The van der Waals surface area contributed by atoms with E-state index >= 15 is 0 Å². The third-order valence-electron chi connectivity index (χ3n) is 9.11. The Bertz CT molecular complexity index is 1010. The molecule has 1 atom stereocenters. The quantitative estimate of drug-likeness (QED) is 0.318. The van der Waals surface area contributed by atoms with E-state index in [2.05, 4.69) is 68.4 Å². The molecule has 0 saturated heterocycles. The fourth-order valence-corrected chi connectivity index (χ4v) is 7.54. The molecule has 0 amide bonds. The molecule has 31 heavy (non-hydrogen) atoms. The summed E-state index contributed by atoms with van der Waals surface area (Å²) in [7, 11) is 0. The first-order chi connectivity index (χ1) is 14.7. The summed E-state index contributed by atoms with van der Waals surface area (Å²) in [4.78, 5) is 0. The Labute approximate surface area is 207 Å². The van der Waals surface area contributed by atoms with Gasteiger partial charge in [-0.1, -0.05) is 49.7 Å². The van der Waals surface area contributed by atoms with Crippen LogP contribution in [0.25, 0.3) is 21.9 Å². The van der Waals surface area contributed by atoms with Crippen LogP contribution in [0, 0.1) is 29.6 Å². The summed E-state index contributed by atoms with van der Waals surface area (Å²) in [6.07, 6.45) is 10.2. The molecule has 4 aliphatic rings. The summed E-state index contributed by atoms with van der Waals surface area (Å²) >= 11 is 0. The molecule has 160 valence electrons. The van der Waals surface area contributed by atoms with Crippen LogP contribution in [-0.2, 0) is 32.6 Å². The molecule has 0 radical (unpaired) electrons. The van der Waals surface area contributed by atoms with Crippen LogP contribution in [0.4, 0.5) is 0 Å².